The molecule has 5 heteroatoms. The van der Waals surface area contributed by atoms with E-state index in [0.717, 1.165) is 12.8 Å². The van der Waals surface area contributed by atoms with E-state index in [4.69, 9.17) is 4.74 Å². The molecule has 0 aliphatic carbocycles. The van der Waals surface area contributed by atoms with Gasteiger partial charge in [-0.25, -0.2) is 8.42 Å². The minimum atomic E-state index is -3.00. The van der Waals surface area contributed by atoms with Crippen molar-refractivity contribution < 1.29 is 13.2 Å². The maximum absolute atomic E-state index is 11.4. The molecule has 0 amide bonds. The average molecular weight is 191 g/mol. The lowest BCUT2D eigenvalue weighted by Crippen LogP contribution is -2.17. The van der Waals surface area contributed by atoms with Crippen molar-refractivity contribution in [1.29, 1.82) is 0 Å². The summed E-state index contributed by atoms with van der Waals surface area (Å²) in [6, 6.07) is 0.156. The third-order valence-electron chi connectivity index (χ3n) is 2.44. The van der Waals surface area contributed by atoms with Gasteiger partial charge in [-0.2, -0.15) is 4.31 Å². The molecule has 2 heterocycles. The summed E-state index contributed by atoms with van der Waals surface area (Å²) < 4.78 is 29.5. The quantitative estimate of drug-likeness (QED) is 0.584. The topological polar surface area (TPSA) is 46.4 Å². The standard InChI is InChI=1S/C7H13NO3S/c1-2-12(9,10)8-6-4-3-5-11-7(6)8/h6-7H,2-5H2,1H3/t6-,7+,8?/m0/s1. The van der Waals surface area contributed by atoms with E-state index in [2.05, 4.69) is 0 Å². The molecule has 0 aromatic carbocycles. The van der Waals surface area contributed by atoms with Crippen molar-refractivity contribution >= 4 is 10.0 Å². The van der Waals surface area contributed by atoms with Gasteiger partial charge >= 0.3 is 0 Å². The molecule has 2 aliphatic heterocycles. The lowest BCUT2D eigenvalue weighted by Gasteiger charge is -2.04. The van der Waals surface area contributed by atoms with Crippen molar-refractivity contribution in [2.24, 2.45) is 0 Å². The van der Waals surface area contributed by atoms with Gasteiger partial charge in [-0.15, -0.1) is 0 Å². The summed E-state index contributed by atoms with van der Waals surface area (Å²) in [5.74, 6) is 0.184. The zero-order valence-electron chi connectivity index (χ0n) is 7.06. The zero-order chi connectivity index (χ0) is 8.77. The summed E-state index contributed by atoms with van der Waals surface area (Å²) in [4.78, 5) is 0. The SMILES string of the molecule is CCS(=O)(=O)N1[C@@H]2OCCC[C@@H]21. The fourth-order valence-electron chi connectivity index (χ4n) is 1.70. The number of sulfonamides is 1. The predicted octanol–water partition coefficient (Wildman–Crippen LogP) is 0.157. The number of rotatable bonds is 2. The molecule has 12 heavy (non-hydrogen) atoms. The number of fused-ring (bicyclic) bond motifs is 1. The zero-order valence-corrected chi connectivity index (χ0v) is 7.88. The van der Waals surface area contributed by atoms with Crippen LogP contribution in [0.2, 0.25) is 0 Å². The van der Waals surface area contributed by atoms with Crippen molar-refractivity contribution in [3.05, 3.63) is 0 Å². The van der Waals surface area contributed by atoms with Gasteiger partial charge in [0.25, 0.3) is 0 Å². The van der Waals surface area contributed by atoms with Crippen molar-refractivity contribution in [2.75, 3.05) is 12.4 Å². The molecule has 0 N–H and O–H groups in total. The second kappa shape index (κ2) is 2.68. The molecule has 0 saturated carbocycles. The van der Waals surface area contributed by atoms with Gasteiger partial charge in [-0.05, 0) is 19.8 Å². The van der Waals surface area contributed by atoms with E-state index >= 15 is 0 Å². The minimum Gasteiger partial charge on any atom is -0.360 e. The normalized spacial score (nSPS) is 40.6. The molecule has 1 unspecified atom stereocenters. The summed E-state index contributed by atoms with van der Waals surface area (Å²) >= 11 is 0. The van der Waals surface area contributed by atoms with Crippen molar-refractivity contribution in [3.8, 4) is 0 Å². The molecule has 0 aromatic rings. The Labute approximate surface area is 72.6 Å². The van der Waals surface area contributed by atoms with Crippen LogP contribution in [0, 0.1) is 0 Å². The monoisotopic (exact) mass is 191 g/mol. The van der Waals surface area contributed by atoms with Crippen LogP contribution in [-0.4, -0.2) is 37.4 Å². The molecule has 2 saturated heterocycles. The van der Waals surface area contributed by atoms with Crippen molar-refractivity contribution in [1.82, 2.24) is 4.31 Å². The molecule has 0 bridgehead atoms. The van der Waals surface area contributed by atoms with Gasteiger partial charge in [0, 0.05) is 6.61 Å². The van der Waals surface area contributed by atoms with Gasteiger partial charge in [0.15, 0.2) is 0 Å². The lowest BCUT2D eigenvalue weighted by atomic mass is 10.2. The second-order valence-corrected chi connectivity index (χ2v) is 5.36. The van der Waals surface area contributed by atoms with Gasteiger partial charge in [0.2, 0.25) is 10.0 Å². The van der Waals surface area contributed by atoms with Crippen molar-refractivity contribution in [2.45, 2.75) is 32.0 Å². The van der Waals surface area contributed by atoms with E-state index in [-0.39, 0.29) is 18.0 Å². The third kappa shape index (κ3) is 1.16. The molecule has 2 rings (SSSR count). The molecule has 0 aromatic heterocycles. The maximum atomic E-state index is 11.4. The molecular weight excluding hydrogens is 178 g/mol. The molecule has 4 nitrogen and oxygen atoms in total. The highest BCUT2D eigenvalue weighted by Crippen LogP contribution is 2.39. The van der Waals surface area contributed by atoms with Gasteiger partial charge in [-0.1, -0.05) is 0 Å². The first-order valence-corrected chi connectivity index (χ1v) is 5.90. The first-order valence-electron chi connectivity index (χ1n) is 4.29. The Morgan fingerprint density at radius 2 is 2.33 bits per heavy atom. The molecular formula is C7H13NO3S. The molecule has 0 radical (unpaired) electrons. The summed E-state index contributed by atoms with van der Waals surface area (Å²) in [6.45, 7) is 2.37. The molecule has 70 valence electrons. The first kappa shape index (κ1) is 8.47. The summed E-state index contributed by atoms with van der Waals surface area (Å²) in [6.07, 6.45) is 1.82. The minimum absolute atomic E-state index is 0.122. The third-order valence-corrected chi connectivity index (χ3v) is 4.29. The molecule has 2 fully saturated rings. The van der Waals surface area contributed by atoms with Gasteiger partial charge in [0.05, 0.1) is 11.8 Å². The average Bonchev–Trinajstić information content (AvgIpc) is 2.78. The van der Waals surface area contributed by atoms with Crippen LogP contribution in [-0.2, 0) is 14.8 Å². The Balaban J connectivity index is 2.10. The Bertz CT molecular complexity index is 262. The fourth-order valence-corrected chi connectivity index (χ4v) is 3.08. The summed E-state index contributed by atoms with van der Waals surface area (Å²) in [7, 11) is -3.00. The van der Waals surface area contributed by atoms with Crippen LogP contribution in [0.25, 0.3) is 0 Å². The van der Waals surface area contributed by atoms with E-state index < -0.39 is 10.0 Å². The fraction of sp³-hybridized carbons (Fsp3) is 1.00. The van der Waals surface area contributed by atoms with Crippen LogP contribution < -0.4 is 0 Å². The Morgan fingerprint density at radius 1 is 1.58 bits per heavy atom. The Morgan fingerprint density at radius 3 is 2.83 bits per heavy atom. The molecule has 2 aliphatic rings. The smallest absolute Gasteiger partial charge is 0.216 e. The van der Waals surface area contributed by atoms with Crippen LogP contribution in [0.4, 0.5) is 0 Å². The largest absolute Gasteiger partial charge is 0.360 e. The van der Waals surface area contributed by atoms with E-state index in [0.29, 0.717) is 6.61 Å². The maximum Gasteiger partial charge on any atom is 0.216 e. The van der Waals surface area contributed by atoms with Crippen LogP contribution in [0.5, 0.6) is 0 Å². The highest BCUT2D eigenvalue weighted by Gasteiger charge is 2.56. The van der Waals surface area contributed by atoms with Gasteiger partial charge in [-0.3, -0.25) is 0 Å². The van der Waals surface area contributed by atoms with Crippen LogP contribution >= 0.6 is 0 Å². The Kier molecular flexibility index (Phi) is 1.89. The number of hydrogen-bond acceptors (Lipinski definition) is 3. The highest BCUT2D eigenvalue weighted by atomic mass is 32.2. The number of nitrogens with zero attached hydrogens (tertiary/aromatic N) is 1. The number of ether oxygens (including phenoxy) is 1. The van der Waals surface area contributed by atoms with Crippen molar-refractivity contribution in [3.63, 3.8) is 0 Å². The summed E-state index contributed by atoms with van der Waals surface area (Å²) in [5, 5.41) is 0. The van der Waals surface area contributed by atoms with Gasteiger partial charge < -0.3 is 4.74 Å². The number of hydrogen-bond donors (Lipinski definition) is 0. The van der Waals surface area contributed by atoms with E-state index in [9.17, 15) is 8.42 Å². The van der Waals surface area contributed by atoms with E-state index in [1.807, 2.05) is 0 Å². The summed E-state index contributed by atoms with van der Waals surface area (Å²) in [5.41, 5.74) is 0. The van der Waals surface area contributed by atoms with Crippen LogP contribution in [0.15, 0.2) is 0 Å². The molecule has 3 atom stereocenters. The molecule has 0 spiro atoms. The van der Waals surface area contributed by atoms with Gasteiger partial charge in [0.1, 0.15) is 6.23 Å². The Hall–Kier alpha value is -0.130. The first-order chi connectivity index (χ1) is 5.67. The predicted molar refractivity (Wildman–Crippen MR) is 44.1 cm³/mol. The second-order valence-electron chi connectivity index (χ2n) is 3.20. The van der Waals surface area contributed by atoms with E-state index in [1.165, 1.54) is 4.31 Å². The van der Waals surface area contributed by atoms with E-state index in [1.54, 1.807) is 6.92 Å². The highest BCUT2D eigenvalue weighted by molar-refractivity contribution is 7.89. The van der Waals surface area contributed by atoms with Crippen LogP contribution in [0.1, 0.15) is 19.8 Å². The lowest BCUT2D eigenvalue weighted by molar-refractivity contribution is 0.0787. The van der Waals surface area contributed by atoms with Crippen LogP contribution in [0.3, 0.4) is 0 Å².